The zero-order valence-electron chi connectivity index (χ0n) is 20.5. The van der Waals surface area contributed by atoms with E-state index in [4.69, 9.17) is 14.5 Å². The van der Waals surface area contributed by atoms with Crippen molar-refractivity contribution in [3.05, 3.63) is 83.9 Å². The van der Waals surface area contributed by atoms with Crippen molar-refractivity contribution in [1.29, 1.82) is 0 Å². The van der Waals surface area contributed by atoms with Gasteiger partial charge in [-0.3, -0.25) is 4.79 Å². The quantitative estimate of drug-likeness (QED) is 0.499. The molecule has 6 nitrogen and oxygen atoms in total. The van der Waals surface area contributed by atoms with E-state index in [9.17, 15) is 4.79 Å². The number of hydrogen-bond donors (Lipinski definition) is 0. The SMILES string of the molecule is CCC(C(=O)N1CCN(C2=Nc3ccccc3Oc3cc(OC)ccc32)CC1C)c1ccccc1. The molecule has 0 bridgehead atoms. The summed E-state index contributed by atoms with van der Waals surface area (Å²) in [6, 6.07) is 23.8. The van der Waals surface area contributed by atoms with Crippen LogP contribution < -0.4 is 9.47 Å². The molecule has 2 atom stereocenters. The maximum absolute atomic E-state index is 13.6. The molecule has 6 heteroatoms. The Kier molecular flexibility index (Phi) is 6.45. The monoisotopic (exact) mass is 469 g/mol. The van der Waals surface area contributed by atoms with Gasteiger partial charge in [-0.25, -0.2) is 4.99 Å². The Balaban J connectivity index is 1.43. The van der Waals surface area contributed by atoms with Crippen LogP contribution in [0.15, 0.2) is 77.8 Å². The first-order valence-corrected chi connectivity index (χ1v) is 12.2. The molecule has 3 aromatic rings. The minimum absolute atomic E-state index is 0.0535. The number of para-hydroxylation sites is 2. The number of benzene rings is 3. The number of amides is 1. The normalized spacial score (nSPS) is 17.9. The number of ether oxygens (including phenoxy) is 2. The molecule has 2 heterocycles. The summed E-state index contributed by atoms with van der Waals surface area (Å²) >= 11 is 0. The van der Waals surface area contributed by atoms with Crippen LogP contribution in [0.3, 0.4) is 0 Å². The second kappa shape index (κ2) is 9.82. The number of nitrogens with zero attached hydrogens (tertiary/aromatic N) is 3. The lowest BCUT2D eigenvalue weighted by molar-refractivity contribution is -0.136. The van der Waals surface area contributed by atoms with Crippen LogP contribution >= 0.6 is 0 Å². The third-order valence-corrected chi connectivity index (χ3v) is 6.86. The van der Waals surface area contributed by atoms with Gasteiger partial charge in [-0.15, -0.1) is 0 Å². The first kappa shape index (κ1) is 23.0. The Bertz CT molecular complexity index is 1240. The Morgan fingerprint density at radius 2 is 1.83 bits per heavy atom. The molecule has 1 fully saturated rings. The molecule has 0 N–H and O–H groups in total. The van der Waals surface area contributed by atoms with Gasteiger partial charge in [-0.1, -0.05) is 49.4 Å². The van der Waals surface area contributed by atoms with Gasteiger partial charge in [0.15, 0.2) is 5.75 Å². The molecule has 2 aliphatic heterocycles. The lowest BCUT2D eigenvalue weighted by atomic mass is 9.94. The van der Waals surface area contributed by atoms with Crippen molar-refractivity contribution in [3.63, 3.8) is 0 Å². The summed E-state index contributed by atoms with van der Waals surface area (Å²) in [4.78, 5) is 22.9. The molecule has 0 radical (unpaired) electrons. The molecule has 2 aliphatic rings. The molecule has 35 heavy (non-hydrogen) atoms. The number of methoxy groups -OCH3 is 1. The molecule has 0 aromatic heterocycles. The number of carbonyl (C=O) groups excluding carboxylic acids is 1. The molecule has 0 aliphatic carbocycles. The number of rotatable bonds is 4. The second-order valence-electron chi connectivity index (χ2n) is 9.07. The average molecular weight is 470 g/mol. The first-order chi connectivity index (χ1) is 17.1. The van der Waals surface area contributed by atoms with Gasteiger partial charge < -0.3 is 19.3 Å². The summed E-state index contributed by atoms with van der Waals surface area (Å²) in [5.41, 5.74) is 2.79. The Morgan fingerprint density at radius 1 is 1.06 bits per heavy atom. The van der Waals surface area contributed by atoms with Crippen molar-refractivity contribution < 1.29 is 14.3 Å². The van der Waals surface area contributed by atoms with Crippen molar-refractivity contribution in [2.75, 3.05) is 26.7 Å². The Labute approximate surface area is 206 Å². The van der Waals surface area contributed by atoms with Gasteiger partial charge in [0.25, 0.3) is 0 Å². The predicted octanol–water partition coefficient (Wildman–Crippen LogP) is 5.61. The van der Waals surface area contributed by atoms with Crippen LogP contribution in [-0.2, 0) is 4.79 Å². The van der Waals surface area contributed by atoms with Gasteiger partial charge in [0.2, 0.25) is 5.91 Å². The number of aliphatic imine (C=N–C) groups is 1. The standard InChI is InChI=1S/C29H31N3O3/c1-4-23(21-10-6-5-7-11-21)29(33)32-17-16-31(19-20(32)2)28-24-15-14-22(34-3)18-27(24)35-26-13-9-8-12-25(26)30-28/h5-15,18,20,23H,4,16-17,19H2,1-3H3. The highest BCUT2D eigenvalue weighted by Crippen LogP contribution is 2.39. The zero-order chi connectivity index (χ0) is 24.4. The van der Waals surface area contributed by atoms with Gasteiger partial charge in [0, 0.05) is 31.7 Å². The topological polar surface area (TPSA) is 54.4 Å². The first-order valence-electron chi connectivity index (χ1n) is 12.2. The van der Waals surface area contributed by atoms with Crippen LogP contribution in [0, 0.1) is 0 Å². The van der Waals surface area contributed by atoms with E-state index in [1.807, 2.05) is 65.6 Å². The molecule has 180 valence electrons. The fraction of sp³-hybridized carbons (Fsp3) is 0.310. The number of fused-ring (bicyclic) bond motifs is 2. The summed E-state index contributed by atoms with van der Waals surface area (Å²) in [6.07, 6.45) is 0.784. The third-order valence-electron chi connectivity index (χ3n) is 6.86. The summed E-state index contributed by atoms with van der Waals surface area (Å²) < 4.78 is 11.7. The van der Waals surface area contributed by atoms with E-state index in [0.717, 1.165) is 34.8 Å². The summed E-state index contributed by atoms with van der Waals surface area (Å²) in [7, 11) is 1.65. The third kappa shape index (κ3) is 4.48. The van der Waals surface area contributed by atoms with E-state index in [2.05, 4.69) is 30.9 Å². The highest BCUT2D eigenvalue weighted by molar-refractivity contribution is 6.04. The Morgan fingerprint density at radius 3 is 2.57 bits per heavy atom. The average Bonchev–Trinajstić information content (AvgIpc) is 3.05. The van der Waals surface area contributed by atoms with E-state index >= 15 is 0 Å². The molecule has 0 spiro atoms. The highest BCUT2D eigenvalue weighted by atomic mass is 16.5. The Hall–Kier alpha value is -3.80. The number of amidine groups is 1. The van der Waals surface area contributed by atoms with Crippen molar-refractivity contribution >= 4 is 17.4 Å². The maximum Gasteiger partial charge on any atom is 0.230 e. The summed E-state index contributed by atoms with van der Waals surface area (Å²) in [5, 5.41) is 0. The van der Waals surface area contributed by atoms with Crippen LogP contribution in [0.2, 0.25) is 0 Å². The van der Waals surface area contributed by atoms with Crippen LogP contribution in [0.1, 0.15) is 37.3 Å². The van der Waals surface area contributed by atoms with Gasteiger partial charge in [0.05, 0.1) is 18.6 Å². The minimum Gasteiger partial charge on any atom is -0.497 e. The summed E-state index contributed by atoms with van der Waals surface area (Å²) in [5.74, 6) is 3.11. The van der Waals surface area contributed by atoms with Crippen LogP contribution in [0.5, 0.6) is 17.2 Å². The van der Waals surface area contributed by atoms with E-state index in [-0.39, 0.29) is 17.9 Å². The predicted molar refractivity (Wildman–Crippen MR) is 138 cm³/mol. The number of hydrogen-bond acceptors (Lipinski definition) is 5. The van der Waals surface area contributed by atoms with Crippen molar-refractivity contribution in [1.82, 2.24) is 9.80 Å². The van der Waals surface area contributed by atoms with E-state index in [1.54, 1.807) is 7.11 Å². The van der Waals surface area contributed by atoms with Gasteiger partial charge in [0.1, 0.15) is 23.0 Å². The van der Waals surface area contributed by atoms with Gasteiger partial charge in [-0.2, -0.15) is 0 Å². The largest absolute Gasteiger partial charge is 0.497 e. The van der Waals surface area contributed by atoms with Crippen molar-refractivity contribution in [2.45, 2.75) is 32.2 Å². The molecule has 3 aromatic carbocycles. The lowest BCUT2D eigenvalue weighted by Crippen LogP contribution is -2.56. The van der Waals surface area contributed by atoms with E-state index in [0.29, 0.717) is 31.1 Å². The molecule has 1 amide bonds. The van der Waals surface area contributed by atoms with E-state index in [1.165, 1.54) is 0 Å². The number of piperazine rings is 1. The molecule has 0 saturated carbocycles. The minimum atomic E-state index is -0.117. The molecular weight excluding hydrogens is 438 g/mol. The summed E-state index contributed by atoms with van der Waals surface area (Å²) in [6.45, 7) is 6.26. The van der Waals surface area contributed by atoms with Gasteiger partial charge in [-0.05, 0) is 43.2 Å². The molecular formula is C29H31N3O3. The molecule has 5 rings (SSSR count). The smallest absolute Gasteiger partial charge is 0.230 e. The zero-order valence-corrected chi connectivity index (χ0v) is 20.5. The fourth-order valence-corrected chi connectivity index (χ4v) is 4.98. The maximum atomic E-state index is 13.6. The molecule has 2 unspecified atom stereocenters. The fourth-order valence-electron chi connectivity index (χ4n) is 4.98. The van der Waals surface area contributed by atoms with Crippen LogP contribution in [0.4, 0.5) is 5.69 Å². The number of carbonyl (C=O) groups is 1. The van der Waals surface area contributed by atoms with Crippen molar-refractivity contribution in [3.8, 4) is 17.2 Å². The second-order valence-corrected chi connectivity index (χ2v) is 9.07. The van der Waals surface area contributed by atoms with E-state index < -0.39 is 0 Å². The lowest BCUT2D eigenvalue weighted by Gasteiger charge is -2.42. The molecule has 1 saturated heterocycles. The van der Waals surface area contributed by atoms with Crippen molar-refractivity contribution in [2.24, 2.45) is 4.99 Å². The highest BCUT2D eigenvalue weighted by Gasteiger charge is 2.34. The van der Waals surface area contributed by atoms with Crippen LogP contribution in [0.25, 0.3) is 0 Å². The van der Waals surface area contributed by atoms with Crippen LogP contribution in [-0.4, -0.2) is 54.3 Å². The van der Waals surface area contributed by atoms with Gasteiger partial charge >= 0.3 is 0 Å².